The van der Waals surface area contributed by atoms with Crippen molar-refractivity contribution < 1.29 is 13.9 Å². The zero-order valence-electron chi connectivity index (χ0n) is 13.1. The number of aromatic amines is 1. The third-order valence-corrected chi connectivity index (χ3v) is 4.01. The first-order valence-electron chi connectivity index (χ1n) is 7.74. The number of hydrogen-bond donors (Lipinski definition) is 2. The lowest BCUT2D eigenvalue weighted by Gasteiger charge is -2.11. The van der Waals surface area contributed by atoms with Crippen molar-refractivity contribution in [3.63, 3.8) is 0 Å². The van der Waals surface area contributed by atoms with E-state index < -0.39 is 6.10 Å². The number of nitrogens with zero attached hydrogens (tertiary/aromatic N) is 3. The fourth-order valence-corrected chi connectivity index (χ4v) is 2.72. The normalized spacial score (nSPS) is 15.5. The Bertz CT molecular complexity index is 896. The van der Waals surface area contributed by atoms with Crippen molar-refractivity contribution in [2.24, 2.45) is 0 Å². The molecule has 0 saturated carbocycles. The van der Waals surface area contributed by atoms with Gasteiger partial charge < -0.3 is 10.1 Å². The standard InChI is InChI=1S/C17H14FN5O2/c18-13-5-6-14-12(7-13)8-15(25-14)17(24)19-9-10-1-3-11(4-2-10)16-20-22-23-21-16/h1-7,15H,8-9H2,(H,19,24)(H,20,21,22,23)/t15-/m1/s1. The van der Waals surface area contributed by atoms with Gasteiger partial charge in [-0.15, -0.1) is 10.2 Å². The molecule has 1 atom stereocenters. The molecule has 7 nitrogen and oxygen atoms in total. The smallest absolute Gasteiger partial charge is 0.261 e. The topological polar surface area (TPSA) is 92.8 Å². The molecular weight excluding hydrogens is 325 g/mol. The second-order valence-corrected chi connectivity index (χ2v) is 5.71. The molecular formula is C17H14FN5O2. The van der Waals surface area contributed by atoms with E-state index in [4.69, 9.17) is 4.74 Å². The Hall–Kier alpha value is -3.29. The van der Waals surface area contributed by atoms with Crippen molar-refractivity contribution in [2.75, 3.05) is 0 Å². The number of halogens is 1. The van der Waals surface area contributed by atoms with E-state index in [-0.39, 0.29) is 11.7 Å². The molecule has 0 aliphatic carbocycles. The molecule has 3 aromatic rings. The molecule has 1 aromatic heterocycles. The Balaban J connectivity index is 1.35. The van der Waals surface area contributed by atoms with E-state index >= 15 is 0 Å². The van der Waals surface area contributed by atoms with Crippen LogP contribution in [0.15, 0.2) is 42.5 Å². The zero-order chi connectivity index (χ0) is 17.2. The lowest BCUT2D eigenvalue weighted by molar-refractivity contribution is -0.127. The molecule has 0 saturated heterocycles. The van der Waals surface area contributed by atoms with E-state index in [2.05, 4.69) is 25.9 Å². The molecule has 0 fully saturated rings. The zero-order valence-corrected chi connectivity index (χ0v) is 13.1. The van der Waals surface area contributed by atoms with Crippen LogP contribution in [0.4, 0.5) is 4.39 Å². The minimum absolute atomic E-state index is 0.223. The molecule has 2 N–H and O–H groups in total. The van der Waals surface area contributed by atoms with Crippen LogP contribution < -0.4 is 10.1 Å². The van der Waals surface area contributed by atoms with Crippen molar-refractivity contribution in [1.82, 2.24) is 25.9 Å². The summed E-state index contributed by atoms with van der Waals surface area (Å²) in [5, 5.41) is 16.6. The van der Waals surface area contributed by atoms with Gasteiger partial charge in [-0.1, -0.05) is 24.3 Å². The minimum atomic E-state index is -0.629. The number of rotatable bonds is 4. The number of carbonyl (C=O) groups is 1. The van der Waals surface area contributed by atoms with Gasteiger partial charge in [0.25, 0.3) is 5.91 Å². The maximum Gasteiger partial charge on any atom is 0.261 e. The summed E-state index contributed by atoms with van der Waals surface area (Å²) in [7, 11) is 0. The van der Waals surface area contributed by atoms with Gasteiger partial charge in [0, 0.05) is 24.1 Å². The highest BCUT2D eigenvalue weighted by atomic mass is 19.1. The van der Waals surface area contributed by atoms with Crippen LogP contribution in [0.3, 0.4) is 0 Å². The molecule has 1 aliphatic heterocycles. The molecule has 1 aliphatic rings. The van der Waals surface area contributed by atoms with E-state index in [0.29, 0.717) is 30.1 Å². The number of carbonyl (C=O) groups excluding carboxylic acids is 1. The van der Waals surface area contributed by atoms with Crippen LogP contribution in [0.1, 0.15) is 11.1 Å². The predicted octanol–water partition coefficient (Wildman–Crippen LogP) is 1.63. The van der Waals surface area contributed by atoms with Crippen molar-refractivity contribution in [3.8, 4) is 17.1 Å². The monoisotopic (exact) mass is 339 g/mol. The number of H-pyrrole nitrogens is 1. The fourth-order valence-electron chi connectivity index (χ4n) is 2.72. The first-order valence-corrected chi connectivity index (χ1v) is 7.74. The quantitative estimate of drug-likeness (QED) is 0.753. The molecule has 2 aromatic carbocycles. The van der Waals surface area contributed by atoms with Crippen LogP contribution >= 0.6 is 0 Å². The molecule has 126 valence electrons. The third-order valence-electron chi connectivity index (χ3n) is 4.01. The number of tetrazole rings is 1. The summed E-state index contributed by atoms with van der Waals surface area (Å²) in [5.41, 5.74) is 2.48. The van der Waals surface area contributed by atoms with Crippen LogP contribution in [0.5, 0.6) is 5.75 Å². The SMILES string of the molecule is O=C(NCc1ccc(-c2nn[nH]n2)cc1)[C@H]1Cc2cc(F)ccc2O1. The first kappa shape index (κ1) is 15.3. The van der Waals surface area contributed by atoms with E-state index in [0.717, 1.165) is 11.1 Å². The Kier molecular flexibility index (Phi) is 3.85. The van der Waals surface area contributed by atoms with Crippen LogP contribution in [0.2, 0.25) is 0 Å². The maximum atomic E-state index is 13.2. The molecule has 1 amide bonds. The van der Waals surface area contributed by atoms with Crippen LogP contribution in [-0.4, -0.2) is 32.6 Å². The highest BCUT2D eigenvalue weighted by Gasteiger charge is 2.29. The van der Waals surface area contributed by atoms with E-state index in [9.17, 15) is 9.18 Å². The number of nitrogens with one attached hydrogen (secondary N) is 2. The Labute approximate surface area is 142 Å². The lowest BCUT2D eigenvalue weighted by Crippen LogP contribution is -2.36. The molecule has 0 spiro atoms. The molecule has 4 rings (SSSR count). The Morgan fingerprint density at radius 3 is 2.88 bits per heavy atom. The van der Waals surface area contributed by atoms with Crippen molar-refractivity contribution >= 4 is 5.91 Å². The van der Waals surface area contributed by atoms with Gasteiger partial charge >= 0.3 is 0 Å². The molecule has 0 radical (unpaired) electrons. The van der Waals surface area contributed by atoms with Crippen molar-refractivity contribution in [3.05, 3.63) is 59.4 Å². The van der Waals surface area contributed by atoms with Gasteiger partial charge in [-0.3, -0.25) is 4.79 Å². The van der Waals surface area contributed by atoms with Gasteiger partial charge in [-0.2, -0.15) is 5.21 Å². The van der Waals surface area contributed by atoms with Crippen molar-refractivity contribution in [1.29, 1.82) is 0 Å². The maximum absolute atomic E-state index is 13.2. The largest absolute Gasteiger partial charge is 0.480 e. The van der Waals surface area contributed by atoms with Crippen LogP contribution in [-0.2, 0) is 17.8 Å². The summed E-state index contributed by atoms with van der Waals surface area (Å²) in [4.78, 5) is 12.3. The number of ether oxygens (including phenoxy) is 1. The van der Waals surface area contributed by atoms with E-state index in [1.54, 1.807) is 6.07 Å². The van der Waals surface area contributed by atoms with E-state index in [1.165, 1.54) is 12.1 Å². The third kappa shape index (κ3) is 3.18. The van der Waals surface area contributed by atoms with Gasteiger partial charge in [-0.25, -0.2) is 4.39 Å². The van der Waals surface area contributed by atoms with Gasteiger partial charge in [0.1, 0.15) is 11.6 Å². The Morgan fingerprint density at radius 2 is 2.12 bits per heavy atom. The average molecular weight is 339 g/mol. The number of hydrogen-bond acceptors (Lipinski definition) is 5. The average Bonchev–Trinajstić information content (AvgIpc) is 3.29. The summed E-state index contributed by atoms with van der Waals surface area (Å²) in [6.45, 7) is 0.371. The molecule has 25 heavy (non-hydrogen) atoms. The second-order valence-electron chi connectivity index (χ2n) is 5.71. The molecule has 0 unspecified atom stereocenters. The van der Waals surface area contributed by atoms with Gasteiger partial charge in [0.15, 0.2) is 6.10 Å². The van der Waals surface area contributed by atoms with Gasteiger partial charge in [0.05, 0.1) is 0 Å². The fraction of sp³-hybridized carbons (Fsp3) is 0.176. The molecule has 8 heteroatoms. The summed E-state index contributed by atoms with van der Waals surface area (Å²) >= 11 is 0. The minimum Gasteiger partial charge on any atom is -0.480 e. The van der Waals surface area contributed by atoms with Crippen LogP contribution in [0, 0.1) is 5.82 Å². The number of fused-ring (bicyclic) bond motifs is 1. The summed E-state index contributed by atoms with van der Waals surface area (Å²) in [6.07, 6.45) is -0.259. The highest BCUT2D eigenvalue weighted by molar-refractivity contribution is 5.82. The molecule has 0 bridgehead atoms. The number of aromatic nitrogens is 4. The summed E-state index contributed by atoms with van der Waals surface area (Å²) < 4.78 is 18.8. The number of amides is 1. The van der Waals surface area contributed by atoms with E-state index in [1.807, 2.05) is 24.3 Å². The number of benzene rings is 2. The van der Waals surface area contributed by atoms with Crippen molar-refractivity contribution in [2.45, 2.75) is 19.1 Å². The summed E-state index contributed by atoms with van der Waals surface area (Å²) in [5.74, 6) is 0.523. The van der Waals surface area contributed by atoms with Gasteiger partial charge in [0.2, 0.25) is 5.82 Å². The lowest BCUT2D eigenvalue weighted by atomic mass is 10.1. The van der Waals surface area contributed by atoms with Crippen LogP contribution in [0.25, 0.3) is 11.4 Å². The Morgan fingerprint density at radius 1 is 1.28 bits per heavy atom. The second kappa shape index (κ2) is 6.31. The van der Waals surface area contributed by atoms with Gasteiger partial charge in [-0.05, 0) is 29.0 Å². The molecule has 2 heterocycles. The predicted molar refractivity (Wildman–Crippen MR) is 86.0 cm³/mol. The highest BCUT2D eigenvalue weighted by Crippen LogP contribution is 2.29. The first-order chi connectivity index (χ1) is 12.2. The summed E-state index contributed by atoms with van der Waals surface area (Å²) in [6, 6.07) is 11.8.